The monoisotopic (exact) mass is 495 g/mol. The van der Waals surface area contributed by atoms with Crippen molar-refractivity contribution in [3.05, 3.63) is 0 Å². The lowest BCUT2D eigenvalue weighted by Crippen LogP contribution is -2.68. The minimum Gasteiger partial charge on any atom is -0.363 e. The zero-order chi connectivity index (χ0) is 24.5. The highest BCUT2D eigenvalue weighted by Gasteiger charge is 2.32. The first-order chi connectivity index (χ1) is 16.5. The number of hydrogen-bond donors (Lipinski definition) is 9. The normalized spacial score (nSPS) is 27.5. The smallest absolute Gasteiger partial charge is 0.217 e. The third-order valence-corrected chi connectivity index (χ3v) is 6.32. The summed E-state index contributed by atoms with van der Waals surface area (Å²) < 4.78 is 0. The quantitative estimate of drug-likeness (QED) is 0.110. The average Bonchev–Trinajstić information content (AvgIpc) is 2.79. The molecule has 1 amide bonds. The molecule has 2 bridgehead atoms. The molecule has 194 valence electrons. The summed E-state index contributed by atoms with van der Waals surface area (Å²) in [5.41, 5.74) is -0.666. The maximum Gasteiger partial charge on any atom is 0.217 e. The fourth-order valence-corrected chi connectivity index (χ4v) is 4.67. The van der Waals surface area contributed by atoms with E-state index in [-0.39, 0.29) is 17.0 Å². The van der Waals surface area contributed by atoms with Crippen LogP contribution >= 0.6 is 12.2 Å². The van der Waals surface area contributed by atoms with Crippen molar-refractivity contribution in [2.24, 2.45) is 0 Å². The van der Waals surface area contributed by atoms with Crippen LogP contribution in [-0.4, -0.2) is 107 Å². The van der Waals surface area contributed by atoms with Crippen LogP contribution < -0.4 is 47.9 Å². The van der Waals surface area contributed by atoms with Crippen molar-refractivity contribution in [3.8, 4) is 12.3 Å². The van der Waals surface area contributed by atoms with Gasteiger partial charge in [0.1, 0.15) is 0 Å². The molecule has 10 nitrogen and oxygen atoms in total. The van der Waals surface area contributed by atoms with Gasteiger partial charge >= 0.3 is 0 Å². The van der Waals surface area contributed by atoms with Gasteiger partial charge in [-0.15, -0.1) is 12.3 Å². The number of carbonyl (C=O) groups excluding carboxylic acids is 1. The summed E-state index contributed by atoms with van der Waals surface area (Å²) in [6, 6.07) is 0. The molecule has 34 heavy (non-hydrogen) atoms. The van der Waals surface area contributed by atoms with E-state index < -0.39 is 0 Å². The van der Waals surface area contributed by atoms with Crippen LogP contribution in [0.15, 0.2) is 0 Å². The van der Waals surface area contributed by atoms with Crippen LogP contribution in [-0.2, 0) is 4.79 Å². The van der Waals surface area contributed by atoms with Gasteiger partial charge in [-0.1, -0.05) is 0 Å². The lowest BCUT2D eigenvalue weighted by molar-refractivity contribution is -0.120. The van der Waals surface area contributed by atoms with E-state index in [9.17, 15) is 4.79 Å². The van der Waals surface area contributed by atoms with Crippen molar-refractivity contribution < 1.29 is 4.79 Å². The number of thiocarbonyl (C=S) groups is 1. The van der Waals surface area contributed by atoms with Crippen LogP contribution in [0.4, 0.5) is 0 Å². The van der Waals surface area contributed by atoms with Crippen LogP contribution in [0.1, 0.15) is 26.2 Å². The molecule has 0 saturated carbocycles. The number of amides is 1. The van der Waals surface area contributed by atoms with Crippen LogP contribution in [0.2, 0.25) is 0 Å². The minimum atomic E-state index is -0.385. The Morgan fingerprint density at radius 2 is 1.21 bits per heavy atom. The van der Waals surface area contributed by atoms with Crippen LogP contribution in [0, 0.1) is 12.3 Å². The van der Waals surface area contributed by atoms with Gasteiger partial charge in [0.05, 0.1) is 11.1 Å². The first-order valence-electron chi connectivity index (χ1n) is 12.5. The number of rotatable bonds is 6. The molecule has 0 aliphatic carbocycles. The van der Waals surface area contributed by atoms with Crippen molar-refractivity contribution in [2.45, 2.75) is 37.3 Å². The van der Waals surface area contributed by atoms with E-state index in [1.54, 1.807) is 6.92 Å². The van der Waals surface area contributed by atoms with Gasteiger partial charge in [0.25, 0.3) is 0 Å². The summed E-state index contributed by atoms with van der Waals surface area (Å²) in [7, 11) is 0. The number of nitrogens with one attached hydrogen (secondary N) is 9. The second kappa shape index (κ2) is 16.2. The Balaban J connectivity index is 2.07. The lowest BCUT2D eigenvalue weighted by Gasteiger charge is -2.39. The van der Waals surface area contributed by atoms with Crippen molar-refractivity contribution in [3.63, 3.8) is 0 Å². The Hall–Kier alpha value is -1.52. The van der Waals surface area contributed by atoms with Gasteiger partial charge in [0, 0.05) is 98.4 Å². The van der Waals surface area contributed by atoms with Crippen LogP contribution in [0.25, 0.3) is 0 Å². The number of hydrogen-bond acceptors (Lipinski definition) is 8. The maximum absolute atomic E-state index is 12.0. The second-order valence-corrected chi connectivity index (χ2v) is 9.75. The summed E-state index contributed by atoms with van der Waals surface area (Å²) >= 11 is 5.65. The Morgan fingerprint density at radius 3 is 1.59 bits per heavy atom. The van der Waals surface area contributed by atoms with Crippen molar-refractivity contribution in [2.75, 3.05) is 85.1 Å². The van der Waals surface area contributed by atoms with Gasteiger partial charge in [0.2, 0.25) is 5.91 Å². The predicted molar refractivity (Wildman–Crippen MR) is 143 cm³/mol. The molecule has 3 rings (SSSR count). The summed E-state index contributed by atoms with van der Waals surface area (Å²) in [5, 5.41) is 32.2. The van der Waals surface area contributed by atoms with Gasteiger partial charge in [-0.05, 0) is 25.1 Å². The van der Waals surface area contributed by atoms with Crippen molar-refractivity contribution >= 4 is 23.2 Å². The van der Waals surface area contributed by atoms with E-state index in [0.29, 0.717) is 24.7 Å². The second-order valence-electron chi connectivity index (χ2n) is 9.34. The molecule has 3 heterocycles. The van der Waals surface area contributed by atoms with Crippen molar-refractivity contribution in [1.29, 1.82) is 0 Å². The molecular formula is C23H45N9OS. The molecule has 9 N–H and O–H groups in total. The molecule has 11 heteroatoms. The largest absolute Gasteiger partial charge is 0.363 e. The molecule has 0 unspecified atom stereocenters. The van der Waals surface area contributed by atoms with Gasteiger partial charge in [-0.3, -0.25) is 4.79 Å². The lowest BCUT2D eigenvalue weighted by atomic mass is 9.97. The van der Waals surface area contributed by atoms with E-state index in [1.807, 2.05) is 0 Å². The third kappa shape index (κ3) is 11.3. The Bertz CT molecular complexity index is 611. The Labute approximate surface area is 210 Å². The highest BCUT2D eigenvalue weighted by Crippen LogP contribution is 2.05. The Kier molecular flexibility index (Phi) is 13.7. The zero-order valence-electron chi connectivity index (χ0n) is 20.7. The maximum atomic E-state index is 12.0. The number of terminal acetylenes is 1. The summed E-state index contributed by atoms with van der Waals surface area (Å²) in [5.74, 6) is 2.67. The standard InChI is InChI=1S/C23H45N9OS/c1-3-4-5-6-7-30-21(34)32-23-17-27-11-8-24-14-22(31-20(2)33,15-25-9-12-28-18-23)16-26-10-13-29-19-23/h1,24-29H,4-19H2,2H3,(H,31,33)(H2,30,32,34). The van der Waals surface area contributed by atoms with E-state index in [1.165, 1.54) is 0 Å². The molecule has 0 aromatic carbocycles. The molecule has 0 atom stereocenters. The van der Waals surface area contributed by atoms with E-state index in [2.05, 4.69) is 53.8 Å². The van der Waals surface area contributed by atoms with Gasteiger partial charge in [-0.25, -0.2) is 0 Å². The van der Waals surface area contributed by atoms with Gasteiger partial charge in [-0.2, -0.15) is 0 Å². The van der Waals surface area contributed by atoms with E-state index in [0.717, 1.165) is 84.7 Å². The molecule has 0 aromatic heterocycles. The van der Waals surface area contributed by atoms with Crippen molar-refractivity contribution in [1.82, 2.24) is 47.9 Å². The highest BCUT2D eigenvalue weighted by molar-refractivity contribution is 7.80. The SMILES string of the molecule is C#CCCCCNC(=S)NC12CNCCNCC(NC(C)=O)(CNCCNC1)CNCCNC2. The topological polar surface area (TPSA) is 125 Å². The van der Waals surface area contributed by atoms with Gasteiger partial charge < -0.3 is 47.9 Å². The predicted octanol–water partition coefficient (Wildman–Crippen LogP) is -2.57. The molecule has 3 saturated heterocycles. The minimum absolute atomic E-state index is 0.0153. The number of fused-ring (bicyclic) bond motifs is 15. The van der Waals surface area contributed by atoms with Crippen LogP contribution in [0.5, 0.6) is 0 Å². The first-order valence-corrected chi connectivity index (χ1v) is 12.9. The molecule has 3 fully saturated rings. The molecule has 0 aromatic rings. The van der Waals surface area contributed by atoms with Crippen LogP contribution in [0.3, 0.4) is 0 Å². The molecule has 3 aliphatic rings. The van der Waals surface area contributed by atoms with Gasteiger partial charge in [0.15, 0.2) is 5.11 Å². The average molecular weight is 496 g/mol. The number of unbranched alkanes of at least 4 members (excludes halogenated alkanes) is 2. The van der Waals surface area contributed by atoms with E-state index >= 15 is 0 Å². The molecule has 3 aliphatic heterocycles. The summed E-state index contributed by atoms with van der Waals surface area (Å²) in [4.78, 5) is 12.0. The number of carbonyl (C=O) groups is 1. The van der Waals surface area contributed by atoms with E-state index in [4.69, 9.17) is 18.6 Å². The Morgan fingerprint density at radius 1 is 0.794 bits per heavy atom. The molecular weight excluding hydrogens is 450 g/mol. The summed E-state index contributed by atoms with van der Waals surface area (Å²) in [6.45, 7) is 11.6. The zero-order valence-corrected chi connectivity index (χ0v) is 21.5. The fraction of sp³-hybridized carbons (Fsp3) is 0.826. The third-order valence-electron chi connectivity index (χ3n) is 6.07. The molecule has 0 radical (unpaired) electrons. The molecule has 0 spiro atoms. The highest BCUT2D eigenvalue weighted by atomic mass is 32.1. The fourth-order valence-electron chi connectivity index (χ4n) is 4.35. The first kappa shape index (κ1) is 28.7. The summed E-state index contributed by atoms with van der Waals surface area (Å²) in [6.07, 6.45) is 8.13.